The second kappa shape index (κ2) is 7.89. The summed E-state index contributed by atoms with van der Waals surface area (Å²) in [5.41, 5.74) is 1.33. The van der Waals surface area contributed by atoms with Crippen LogP contribution < -0.4 is 10.6 Å². The summed E-state index contributed by atoms with van der Waals surface area (Å²) >= 11 is 3.41. The second-order valence-electron chi connectivity index (χ2n) is 4.64. The van der Waals surface area contributed by atoms with Crippen LogP contribution in [0.3, 0.4) is 0 Å². The van der Waals surface area contributed by atoms with E-state index in [2.05, 4.69) is 31.6 Å². The van der Waals surface area contributed by atoms with Gasteiger partial charge in [0.05, 0.1) is 0 Å². The maximum atomic E-state index is 13.5. The molecule has 2 rings (SSSR count). The lowest BCUT2D eigenvalue weighted by Crippen LogP contribution is -2.36. The smallest absolute Gasteiger partial charge is 0.191 e. The van der Waals surface area contributed by atoms with Crippen molar-refractivity contribution in [2.45, 2.75) is 13.1 Å². The van der Waals surface area contributed by atoms with Crippen LogP contribution in [0, 0.1) is 11.6 Å². The highest BCUT2D eigenvalue weighted by atomic mass is 79.9. The van der Waals surface area contributed by atoms with Crippen LogP contribution in [0.5, 0.6) is 0 Å². The SMILES string of the molecule is CN=C(NCc1cccc(Br)c1)NCc1cc(F)ccc1F. The van der Waals surface area contributed by atoms with E-state index >= 15 is 0 Å². The highest BCUT2D eigenvalue weighted by molar-refractivity contribution is 9.10. The number of nitrogens with zero attached hydrogens (tertiary/aromatic N) is 1. The molecule has 0 aromatic heterocycles. The van der Waals surface area contributed by atoms with E-state index < -0.39 is 11.6 Å². The van der Waals surface area contributed by atoms with Crippen LogP contribution in [0.1, 0.15) is 11.1 Å². The Bertz CT molecular complexity index is 674. The van der Waals surface area contributed by atoms with Gasteiger partial charge in [-0.25, -0.2) is 8.78 Å². The molecule has 0 spiro atoms. The van der Waals surface area contributed by atoms with Crippen molar-refractivity contribution in [3.05, 3.63) is 69.7 Å². The highest BCUT2D eigenvalue weighted by Crippen LogP contribution is 2.11. The standard InChI is InChI=1S/C16H16BrF2N3/c1-20-16(21-9-11-3-2-4-13(17)7-11)22-10-12-8-14(18)5-6-15(12)19/h2-8H,9-10H2,1H3,(H2,20,21,22). The molecule has 0 amide bonds. The molecule has 2 N–H and O–H groups in total. The number of benzene rings is 2. The minimum Gasteiger partial charge on any atom is -0.352 e. The normalized spacial score (nSPS) is 11.4. The molecule has 2 aromatic rings. The van der Waals surface area contributed by atoms with Gasteiger partial charge in [-0.15, -0.1) is 0 Å². The minimum atomic E-state index is -0.463. The third kappa shape index (κ3) is 4.80. The molecule has 22 heavy (non-hydrogen) atoms. The van der Waals surface area contributed by atoms with Gasteiger partial charge in [-0.05, 0) is 35.9 Å². The van der Waals surface area contributed by atoms with Gasteiger partial charge in [-0.2, -0.15) is 0 Å². The van der Waals surface area contributed by atoms with Crippen LogP contribution >= 0.6 is 15.9 Å². The van der Waals surface area contributed by atoms with Crippen molar-refractivity contribution in [3.63, 3.8) is 0 Å². The summed E-state index contributed by atoms with van der Waals surface area (Å²) in [4.78, 5) is 4.06. The van der Waals surface area contributed by atoms with Gasteiger partial charge in [-0.1, -0.05) is 28.1 Å². The number of halogens is 3. The Morgan fingerprint density at radius 3 is 2.59 bits per heavy atom. The lowest BCUT2D eigenvalue weighted by molar-refractivity contribution is 0.581. The summed E-state index contributed by atoms with van der Waals surface area (Å²) in [7, 11) is 1.62. The average molecular weight is 368 g/mol. The van der Waals surface area contributed by atoms with Crippen LogP contribution in [0.4, 0.5) is 8.78 Å². The summed E-state index contributed by atoms with van der Waals surface area (Å²) in [5.74, 6) is -0.393. The molecule has 0 aliphatic heterocycles. The summed E-state index contributed by atoms with van der Waals surface area (Å²) in [6.45, 7) is 0.729. The first kappa shape index (κ1) is 16.4. The van der Waals surface area contributed by atoms with Gasteiger partial charge in [0, 0.05) is 30.2 Å². The number of hydrogen-bond donors (Lipinski definition) is 2. The van der Waals surface area contributed by atoms with Crippen LogP contribution in [0.15, 0.2) is 51.9 Å². The fourth-order valence-corrected chi connectivity index (χ4v) is 2.36. The van der Waals surface area contributed by atoms with E-state index in [-0.39, 0.29) is 12.1 Å². The molecule has 0 unspecified atom stereocenters. The largest absolute Gasteiger partial charge is 0.352 e. The number of guanidine groups is 1. The van der Waals surface area contributed by atoms with Crippen molar-refractivity contribution < 1.29 is 8.78 Å². The van der Waals surface area contributed by atoms with Crippen LogP contribution in [-0.2, 0) is 13.1 Å². The maximum absolute atomic E-state index is 13.5. The Kier molecular flexibility index (Phi) is 5.89. The van der Waals surface area contributed by atoms with Crippen molar-refractivity contribution in [2.75, 3.05) is 7.05 Å². The van der Waals surface area contributed by atoms with E-state index in [0.717, 1.165) is 22.2 Å². The van der Waals surface area contributed by atoms with E-state index in [1.807, 2.05) is 24.3 Å². The summed E-state index contributed by atoms with van der Waals surface area (Å²) in [6.07, 6.45) is 0. The number of hydrogen-bond acceptors (Lipinski definition) is 1. The maximum Gasteiger partial charge on any atom is 0.191 e. The topological polar surface area (TPSA) is 36.4 Å². The van der Waals surface area contributed by atoms with Crippen molar-refractivity contribution in [2.24, 2.45) is 4.99 Å². The van der Waals surface area contributed by atoms with Gasteiger partial charge in [0.15, 0.2) is 5.96 Å². The molecule has 116 valence electrons. The number of aliphatic imine (C=N–C) groups is 1. The molecular formula is C16H16BrF2N3. The molecule has 0 bridgehead atoms. The molecule has 3 nitrogen and oxygen atoms in total. The van der Waals surface area contributed by atoms with Gasteiger partial charge in [0.25, 0.3) is 0 Å². The van der Waals surface area contributed by atoms with E-state index in [9.17, 15) is 8.78 Å². The zero-order valence-corrected chi connectivity index (χ0v) is 13.6. The summed E-state index contributed by atoms with van der Waals surface area (Å²) < 4.78 is 27.7. The van der Waals surface area contributed by atoms with E-state index in [0.29, 0.717) is 12.5 Å². The molecule has 0 saturated carbocycles. The van der Waals surface area contributed by atoms with Crippen molar-refractivity contribution >= 4 is 21.9 Å². The summed E-state index contributed by atoms with van der Waals surface area (Å²) in [5, 5.41) is 6.08. The first-order chi connectivity index (χ1) is 10.6. The summed E-state index contributed by atoms with van der Waals surface area (Å²) in [6, 6.07) is 11.2. The van der Waals surface area contributed by atoms with Gasteiger partial charge < -0.3 is 10.6 Å². The van der Waals surface area contributed by atoms with Crippen molar-refractivity contribution in [3.8, 4) is 0 Å². The van der Waals surface area contributed by atoms with E-state index in [1.54, 1.807) is 7.05 Å². The Morgan fingerprint density at radius 1 is 1.09 bits per heavy atom. The molecule has 0 radical (unpaired) electrons. The van der Waals surface area contributed by atoms with Gasteiger partial charge >= 0.3 is 0 Å². The third-order valence-corrected chi connectivity index (χ3v) is 3.52. The lowest BCUT2D eigenvalue weighted by atomic mass is 10.2. The Balaban J connectivity index is 1.91. The monoisotopic (exact) mass is 367 g/mol. The molecule has 0 aliphatic carbocycles. The molecule has 6 heteroatoms. The first-order valence-electron chi connectivity index (χ1n) is 6.71. The van der Waals surface area contributed by atoms with Crippen LogP contribution in [0.2, 0.25) is 0 Å². The first-order valence-corrected chi connectivity index (χ1v) is 7.50. The molecule has 0 atom stereocenters. The highest BCUT2D eigenvalue weighted by Gasteiger charge is 2.05. The number of rotatable bonds is 4. The molecule has 2 aromatic carbocycles. The molecule has 0 saturated heterocycles. The fraction of sp³-hybridized carbons (Fsp3) is 0.188. The third-order valence-electron chi connectivity index (χ3n) is 3.03. The van der Waals surface area contributed by atoms with E-state index in [4.69, 9.17) is 0 Å². The quantitative estimate of drug-likeness (QED) is 0.639. The predicted octanol–water partition coefficient (Wildman–Crippen LogP) is 3.59. The predicted molar refractivity (Wildman–Crippen MR) is 87.5 cm³/mol. The molecule has 0 fully saturated rings. The molecule has 0 aliphatic rings. The van der Waals surface area contributed by atoms with Crippen LogP contribution in [0.25, 0.3) is 0 Å². The van der Waals surface area contributed by atoms with Crippen LogP contribution in [-0.4, -0.2) is 13.0 Å². The van der Waals surface area contributed by atoms with Gasteiger partial charge in [-0.3, -0.25) is 4.99 Å². The zero-order valence-electron chi connectivity index (χ0n) is 12.0. The fourth-order valence-electron chi connectivity index (χ4n) is 1.91. The Labute approximate surface area is 136 Å². The van der Waals surface area contributed by atoms with Gasteiger partial charge in [0.1, 0.15) is 11.6 Å². The van der Waals surface area contributed by atoms with E-state index in [1.165, 1.54) is 6.07 Å². The number of nitrogens with one attached hydrogen (secondary N) is 2. The Morgan fingerprint density at radius 2 is 1.86 bits per heavy atom. The molecule has 0 heterocycles. The minimum absolute atomic E-state index is 0.155. The zero-order chi connectivity index (χ0) is 15.9. The second-order valence-corrected chi connectivity index (χ2v) is 5.56. The van der Waals surface area contributed by atoms with Gasteiger partial charge in [0.2, 0.25) is 0 Å². The lowest BCUT2D eigenvalue weighted by Gasteiger charge is -2.12. The Hall–Kier alpha value is -1.95. The average Bonchev–Trinajstić information content (AvgIpc) is 2.51. The molecular weight excluding hydrogens is 352 g/mol. The van der Waals surface area contributed by atoms with Crippen molar-refractivity contribution in [1.82, 2.24) is 10.6 Å². The van der Waals surface area contributed by atoms with Crippen molar-refractivity contribution in [1.29, 1.82) is 0 Å².